The molecule has 1 aromatic carbocycles. The van der Waals surface area contributed by atoms with Gasteiger partial charge in [0.2, 0.25) is 15.8 Å². The van der Waals surface area contributed by atoms with Gasteiger partial charge in [-0.05, 0) is 73.9 Å². The van der Waals surface area contributed by atoms with Crippen molar-refractivity contribution in [3.05, 3.63) is 50.5 Å². The zero-order valence-electron chi connectivity index (χ0n) is 18.1. The van der Waals surface area contributed by atoms with Crippen LogP contribution in [-0.4, -0.2) is 31.1 Å². The maximum atomic E-state index is 12.9. The molecule has 0 saturated carbocycles. The fourth-order valence-corrected chi connectivity index (χ4v) is 5.52. The number of sulfonamides is 1. The molecule has 0 aliphatic carbocycles. The van der Waals surface area contributed by atoms with Gasteiger partial charge in [0.15, 0.2) is 6.61 Å². The van der Waals surface area contributed by atoms with Crippen molar-refractivity contribution in [3.63, 3.8) is 0 Å². The number of hydrogen-bond donors (Lipinski definition) is 1. The minimum absolute atomic E-state index is 0.0710. The van der Waals surface area contributed by atoms with E-state index in [2.05, 4.69) is 14.9 Å². The Morgan fingerprint density at radius 3 is 2.35 bits per heavy atom. The summed E-state index contributed by atoms with van der Waals surface area (Å²) in [6.45, 7) is 9.19. The van der Waals surface area contributed by atoms with E-state index in [1.807, 2.05) is 37.6 Å². The van der Waals surface area contributed by atoms with E-state index in [0.29, 0.717) is 17.0 Å². The van der Waals surface area contributed by atoms with Crippen LogP contribution in [0.5, 0.6) is 0 Å². The normalized spacial score (nSPS) is 11.6. The first-order valence-electron chi connectivity index (χ1n) is 9.69. The number of ether oxygens (including phenoxy) is 1. The van der Waals surface area contributed by atoms with E-state index in [9.17, 15) is 13.2 Å². The lowest BCUT2D eigenvalue weighted by atomic mass is 9.95. The van der Waals surface area contributed by atoms with Crippen molar-refractivity contribution in [2.45, 2.75) is 52.5 Å². The van der Waals surface area contributed by atoms with Crippen LogP contribution in [0.15, 0.2) is 26.2 Å². The molecule has 0 aliphatic rings. The van der Waals surface area contributed by atoms with Gasteiger partial charge in [-0.25, -0.2) is 13.1 Å². The summed E-state index contributed by atoms with van der Waals surface area (Å²) in [5.41, 5.74) is 5.22. The van der Waals surface area contributed by atoms with Crippen LogP contribution in [0.2, 0.25) is 0 Å². The molecule has 2 aromatic heterocycles. The molecule has 0 saturated heterocycles. The van der Waals surface area contributed by atoms with Crippen molar-refractivity contribution < 1.29 is 22.5 Å². The van der Waals surface area contributed by atoms with Crippen LogP contribution in [0.1, 0.15) is 40.1 Å². The minimum atomic E-state index is -3.76. The molecule has 0 amide bonds. The fraction of sp³-hybridized carbons (Fsp3) is 0.381. The Kier molecular flexibility index (Phi) is 6.93. The number of benzene rings is 1. The summed E-state index contributed by atoms with van der Waals surface area (Å²) >= 11 is 1.51. The van der Waals surface area contributed by atoms with Gasteiger partial charge in [0.1, 0.15) is 0 Å². The summed E-state index contributed by atoms with van der Waals surface area (Å²) in [5.74, 6) is 0.0377. The molecule has 0 spiro atoms. The number of rotatable bonds is 8. The molecule has 8 nitrogen and oxygen atoms in total. The maximum absolute atomic E-state index is 12.9. The summed E-state index contributed by atoms with van der Waals surface area (Å²) in [7, 11) is -3.76. The molecule has 1 N–H and O–H groups in total. The van der Waals surface area contributed by atoms with Gasteiger partial charge in [0.25, 0.3) is 5.89 Å². The molecular formula is C21H25N3O5S2. The Balaban J connectivity index is 1.56. The van der Waals surface area contributed by atoms with E-state index in [4.69, 9.17) is 9.26 Å². The van der Waals surface area contributed by atoms with Crippen LogP contribution in [0.25, 0.3) is 11.5 Å². The van der Waals surface area contributed by atoms with Crippen molar-refractivity contribution >= 4 is 27.3 Å². The topological polar surface area (TPSA) is 111 Å². The molecule has 3 aromatic rings. The Labute approximate surface area is 185 Å². The van der Waals surface area contributed by atoms with Crippen LogP contribution in [0.4, 0.5) is 0 Å². The number of hydrogen-bond acceptors (Lipinski definition) is 8. The third-order valence-electron chi connectivity index (χ3n) is 5.42. The highest BCUT2D eigenvalue weighted by molar-refractivity contribution is 7.89. The molecule has 0 bridgehead atoms. The van der Waals surface area contributed by atoms with Gasteiger partial charge < -0.3 is 9.26 Å². The molecule has 0 unspecified atom stereocenters. The van der Waals surface area contributed by atoms with E-state index < -0.39 is 16.0 Å². The second-order valence-corrected chi connectivity index (χ2v) is 9.77. The number of aromatic nitrogens is 2. The zero-order chi connectivity index (χ0) is 22.8. The lowest BCUT2D eigenvalue weighted by molar-refractivity contribution is -0.145. The van der Waals surface area contributed by atoms with Crippen LogP contribution in [-0.2, 0) is 26.2 Å². The molecule has 0 atom stereocenters. The average Bonchev–Trinajstić information content (AvgIpc) is 3.40. The largest absolute Gasteiger partial charge is 0.457 e. The summed E-state index contributed by atoms with van der Waals surface area (Å²) in [5, 5.41) is 7.54. The van der Waals surface area contributed by atoms with E-state index in [1.54, 1.807) is 13.8 Å². The number of thiophene rings is 1. The smallest absolute Gasteiger partial charge is 0.307 e. The first-order valence-corrected chi connectivity index (χ1v) is 12.1. The number of nitrogens with one attached hydrogen (secondary N) is 1. The third kappa shape index (κ3) is 5.03. The standard InChI is InChI=1S/C21H25N3O5S2/c1-12-13(2)15(4)20(16(5)14(12)3)31(26,27)22-8-6-19(25)28-10-18-23-21(29-24-18)17-7-9-30-11-17/h7,9,11,22H,6,8,10H2,1-5H3. The molecule has 31 heavy (non-hydrogen) atoms. The quantitative estimate of drug-likeness (QED) is 0.506. The van der Waals surface area contributed by atoms with Crippen molar-refractivity contribution in [3.8, 4) is 11.5 Å². The summed E-state index contributed by atoms with van der Waals surface area (Å²) in [6, 6.07) is 1.85. The summed E-state index contributed by atoms with van der Waals surface area (Å²) in [4.78, 5) is 16.5. The molecule has 0 fully saturated rings. The average molecular weight is 464 g/mol. The van der Waals surface area contributed by atoms with Crippen LogP contribution in [0, 0.1) is 34.6 Å². The predicted molar refractivity (Wildman–Crippen MR) is 117 cm³/mol. The number of carbonyl (C=O) groups excluding carboxylic acids is 1. The molecule has 3 rings (SSSR count). The Bertz CT molecular complexity index is 1170. The van der Waals surface area contributed by atoms with E-state index in [1.165, 1.54) is 11.3 Å². The van der Waals surface area contributed by atoms with Gasteiger partial charge in [-0.3, -0.25) is 4.79 Å². The van der Waals surface area contributed by atoms with Gasteiger partial charge in [0.05, 0.1) is 16.9 Å². The highest BCUT2D eigenvalue weighted by atomic mass is 32.2. The zero-order valence-corrected chi connectivity index (χ0v) is 19.7. The first-order chi connectivity index (χ1) is 14.6. The summed E-state index contributed by atoms with van der Waals surface area (Å²) in [6.07, 6.45) is -0.115. The highest BCUT2D eigenvalue weighted by Crippen LogP contribution is 2.29. The van der Waals surface area contributed by atoms with Gasteiger partial charge in [-0.15, -0.1) is 0 Å². The van der Waals surface area contributed by atoms with Gasteiger partial charge in [-0.2, -0.15) is 16.3 Å². The van der Waals surface area contributed by atoms with Crippen molar-refractivity contribution in [1.29, 1.82) is 0 Å². The number of carbonyl (C=O) groups is 1. The molecule has 166 valence electrons. The van der Waals surface area contributed by atoms with Crippen LogP contribution in [0.3, 0.4) is 0 Å². The Morgan fingerprint density at radius 1 is 1.10 bits per heavy atom. The van der Waals surface area contributed by atoms with E-state index >= 15 is 0 Å². The Hall–Kier alpha value is -2.56. The first kappa shape index (κ1) is 23.1. The minimum Gasteiger partial charge on any atom is -0.457 e. The van der Waals surface area contributed by atoms with Gasteiger partial charge >= 0.3 is 5.97 Å². The van der Waals surface area contributed by atoms with Crippen LogP contribution >= 0.6 is 11.3 Å². The molecule has 2 heterocycles. The van der Waals surface area contributed by atoms with Crippen molar-refractivity contribution in [2.24, 2.45) is 0 Å². The lowest BCUT2D eigenvalue weighted by Gasteiger charge is -2.19. The van der Waals surface area contributed by atoms with Crippen LogP contribution < -0.4 is 4.72 Å². The fourth-order valence-electron chi connectivity index (χ4n) is 3.26. The van der Waals surface area contributed by atoms with E-state index in [-0.39, 0.29) is 30.3 Å². The number of nitrogens with zero attached hydrogens (tertiary/aromatic N) is 2. The predicted octanol–water partition coefficient (Wildman–Crippen LogP) is 3.75. The SMILES string of the molecule is Cc1c(C)c(C)c(S(=O)(=O)NCCC(=O)OCc2noc(-c3ccsc3)n2)c(C)c1C. The second-order valence-electron chi connectivity index (χ2n) is 7.29. The van der Waals surface area contributed by atoms with Crippen molar-refractivity contribution in [1.82, 2.24) is 14.9 Å². The molecule has 0 aliphatic heterocycles. The molecule has 10 heteroatoms. The highest BCUT2D eigenvalue weighted by Gasteiger charge is 2.23. The Morgan fingerprint density at radius 2 is 1.74 bits per heavy atom. The number of esters is 1. The second kappa shape index (κ2) is 9.29. The van der Waals surface area contributed by atoms with E-state index in [0.717, 1.165) is 22.3 Å². The molecular weight excluding hydrogens is 438 g/mol. The van der Waals surface area contributed by atoms with Gasteiger partial charge in [-0.1, -0.05) is 5.16 Å². The maximum Gasteiger partial charge on any atom is 0.307 e. The third-order valence-corrected chi connectivity index (χ3v) is 7.84. The molecule has 0 radical (unpaired) electrons. The summed E-state index contributed by atoms with van der Waals surface area (Å²) < 4.78 is 38.5. The van der Waals surface area contributed by atoms with Gasteiger partial charge in [0, 0.05) is 11.9 Å². The lowest BCUT2D eigenvalue weighted by Crippen LogP contribution is -2.28. The monoisotopic (exact) mass is 463 g/mol. The van der Waals surface area contributed by atoms with Crippen molar-refractivity contribution in [2.75, 3.05) is 6.54 Å².